The van der Waals surface area contributed by atoms with E-state index in [1.54, 1.807) is 14.2 Å². The number of nitrogen functional groups attached to an aromatic ring is 1. The van der Waals surface area contributed by atoms with Gasteiger partial charge in [-0.3, -0.25) is 14.3 Å². The lowest BCUT2D eigenvalue weighted by Gasteiger charge is -2.26. The Kier molecular flexibility index (Phi) is 6.57. The number of aromatic amines is 1. The van der Waals surface area contributed by atoms with Gasteiger partial charge in [-0.05, 0) is 18.1 Å². The Balaban J connectivity index is 3.45. The number of hydrogen-bond donors (Lipinski definition) is 3. The van der Waals surface area contributed by atoms with Crippen LogP contribution in [0.15, 0.2) is 9.59 Å². The molecule has 0 spiro atoms. The molecule has 0 aliphatic heterocycles. The standard InChI is InChI=1S/C13H23N5O3S/c1-8(2)7-18-10(14)9(11(19)16-12(18)20)17(5-6-21-4)13(22)15-3/h8H,5-7,14H2,1-4H3,(H,15,22)(H,16,19,20). The molecule has 0 fully saturated rings. The maximum absolute atomic E-state index is 12.2. The average molecular weight is 329 g/mol. The van der Waals surface area contributed by atoms with E-state index in [0.717, 1.165) is 0 Å². The summed E-state index contributed by atoms with van der Waals surface area (Å²) in [6.07, 6.45) is 0. The molecule has 8 nitrogen and oxygen atoms in total. The molecule has 1 heterocycles. The highest BCUT2D eigenvalue weighted by atomic mass is 32.1. The van der Waals surface area contributed by atoms with Crippen LogP contribution in [-0.2, 0) is 11.3 Å². The number of anilines is 2. The highest BCUT2D eigenvalue weighted by Crippen LogP contribution is 2.17. The van der Waals surface area contributed by atoms with Crippen molar-refractivity contribution in [2.45, 2.75) is 20.4 Å². The Morgan fingerprint density at radius 2 is 2.14 bits per heavy atom. The first kappa shape index (κ1) is 18.2. The molecule has 0 aromatic carbocycles. The zero-order valence-electron chi connectivity index (χ0n) is 13.3. The summed E-state index contributed by atoms with van der Waals surface area (Å²) in [6.45, 7) is 5.00. The Labute approximate surface area is 134 Å². The first-order valence-electron chi connectivity index (χ1n) is 6.94. The van der Waals surface area contributed by atoms with Crippen LogP contribution in [0, 0.1) is 5.92 Å². The summed E-state index contributed by atoms with van der Waals surface area (Å²) >= 11 is 5.22. The lowest BCUT2D eigenvalue weighted by atomic mass is 10.2. The second-order valence-electron chi connectivity index (χ2n) is 5.20. The van der Waals surface area contributed by atoms with Crippen molar-refractivity contribution < 1.29 is 4.74 Å². The van der Waals surface area contributed by atoms with Gasteiger partial charge >= 0.3 is 5.69 Å². The first-order valence-corrected chi connectivity index (χ1v) is 7.35. The van der Waals surface area contributed by atoms with Gasteiger partial charge in [0.05, 0.1) is 6.61 Å². The van der Waals surface area contributed by atoms with E-state index >= 15 is 0 Å². The molecule has 0 unspecified atom stereocenters. The van der Waals surface area contributed by atoms with Crippen molar-refractivity contribution in [2.75, 3.05) is 37.9 Å². The van der Waals surface area contributed by atoms with Gasteiger partial charge in [0, 0.05) is 27.2 Å². The van der Waals surface area contributed by atoms with E-state index in [-0.39, 0.29) is 17.4 Å². The number of ether oxygens (including phenoxy) is 1. The molecular formula is C13H23N5O3S. The average Bonchev–Trinajstić information content (AvgIpc) is 2.45. The van der Waals surface area contributed by atoms with Crippen molar-refractivity contribution in [2.24, 2.45) is 5.92 Å². The van der Waals surface area contributed by atoms with Crippen molar-refractivity contribution in [1.82, 2.24) is 14.9 Å². The quantitative estimate of drug-likeness (QED) is 0.617. The van der Waals surface area contributed by atoms with Crippen LogP contribution < -0.4 is 27.2 Å². The van der Waals surface area contributed by atoms with Gasteiger partial charge in [-0.15, -0.1) is 0 Å². The molecule has 4 N–H and O–H groups in total. The largest absolute Gasteiger partial charge is 0.383 e. The number of H-pyrrole nitrogens is 1. The molecule has 1 aromatic rings. The fourth-order valence-electron chi connectivity index (χ4n) is 2.02. The number of methoxy groups -OCH3 is 1. The van der Waals surface area contributed by atoms with Gasteiger partial charge in [-0.25, -0.2) is 4.79 Å². The van der Waals surface area contributed by atoms with Crippen LogP contribution in [0.5, 0.6) is 0 Å². The van der Waals surface area contributed by atoms with Crippen LogP contribution in [-0.4, -0.2) is 42.0 Å². The Morgan fingerprint density at radius 3 is 2.64 bits per heavy atom. The summed E-state index contributed by atoms with van der Waals surface area (Å²) in [4.78, 5) is 28.0. The van der Waals surface area contributed by atoms with Crippen LogP contribution in [0.1, 0.15) is 13.8 Å². The van der Waals surface area contributed by atoms with Crippen LogP contribution in [0.4, 0.5) is 11.5 Å². The molecule has 1 rings (SSSR count). The molecule has 124 valence electrons. The van der Waals surface area contributed by atoms with Crippen LogP contribution >= 0.6 is 12.2 Å². The third-order valence-electron chi connectivity index (χ3n) is 3.01. The van der Waals surface area contributed by atoms with E-state index in [0.29, 0.717) is 24.8 Å². The summed E-state index contributed by atoms with van der Waals surface area (Å²) in [6, 6.07) is 0. The Hall–Kier alpha value is -1.87. The minimum Gasteiger partial charge on any atom is -0.383 e. The van der Waals surface area contributed by atoms with Crippen LogP contribution in [0.3, 0.4) is 0 Å². The number of nitrogens with two attached hydrogens (primary N) is 1. The van der Waals surface area contributed by atoms with Crippen LogP contribution in [0.2, 0.25) is 0 Å². The van der Waals surface area contributed by atoms with E-state index in [9.17, 15) is 9.59 Å². The minimum atomic E-state index is -0.573. The maximum Gasteiger partial charge on any atom is 0.330 e. The number of nitrogens with one attached hydrogen (secondary N) is 2. The third-order valence-corrected chi connectivity index (χ3v) is 3.43. The molecule has 0 amide bonds. The summed E-state index contributed by atoms with van der Waals surface area (Å²) in [5.41, 5.74) is 5.12. The Bertz CT molecular complexity index is 638. The highest BCUT2D eigenvalue weighted by Gasteiger charge is 2.21. The molecule has 0 atom stereocenters. The van der Waals surface area contributed by atoms with Gasteiger partial charge in [0.15, 0.2) is 10.8 Å². The fraction of sp³-hybridized carbons (Fsp3) is 0.615. The Morgan fingerprint density at radius 1 is 1.50 bits per heavy atom. The summed E-state index contributed by atoms with van der Waals surface area (Å²) in [5, 5.41) is 3.13. The molecule has 22 heavy (non-hydrogen) atoms. The smallest absolute Gasteiger partial charge is 0.330 e. The van der Waals surface area contributed by atoms with Crippen molar-refractivity contribution >= 4 is 28.8 Å². The summed E-state index contributed by atoms with van der Waals surface area (Å²) in [7, 11) is 3.20. The van der Waals surface area contributed by atoms with E-state index in [2.05, 4.69) is 10.3 Å². The third kappa shape index (κ3) is 4.08. The molecular weight excluding hydrogens is 306 g/mol. The van der Waals surface area contributed by atoms with Gasteiger partial charge in [0.1, 0.15) is 5.82 Å². The molecule has 0 aliphatic rings. The lowest BCUT2D eigenvalue weighted by Crippen LogP contribution is -2.45. The second-order valence-corrected chi connectivity index (χ2v) is 5.58. The van der Waals surface area contributed by atoms with Crippen molar-refractivity contribution in [3.8, 4) is 0 Å². The van der Waals surface area contributed by atoms with Gasteiger partial charge in [0.25, 0.3) is 5.56 Å². The first-order chi connectivity index (χ1) is 10.3. The topological polar surface area (TPSA) is 105 Å². The van der Waals surface area contributed by atoms with Crippen molar-refractivity contribution in [3.63, 3.8) is 0 Å². The zero-order chi connectivity index (χ0) is 16.9. The number of aromatic nitrogens is 2. The van der Waals surface area contributed by atoms with E-state index in [4.69, 9.17) is 22.7 Å². The molecule has 0 saturated carbocycles. The van der Waals surface area contributed by atoms with Gasteiger partial charge in [-0.1, -0.05) is 13.8 Å². The summed E-state index contributed by atoms with van der Waals surface area (Å²) < 4.78 is 6.38. The molecule has 0 aliphatic carbocycles. The van der Waals surface area contributed by atoms with Crippen molar-refractivity contribution in [1.29, 1.82) is 0 Å². The van der Waals surface area contributed by atoms with Gasteiger partial charge < -0.3 is 20.7 Å². The summed E-state index contributed by atoms with van der Waals surface area (Å²) in [5.74, 6) is 0.290. The molecule has 9 heteroatoms. The van der Waals surface area contributed by atoms with Crippen molar-refractivity contribution in [3.05, 3.63) is 20.8 Å². The number of rotatable bonds is 6. The lowest BCUT2D eigenvalue weighted by molar-refractivity contribution is 0.207. The molecule has 1 aromatic heterocycles. The normalized spacial score (nSPS) is 10.8. The molecule has 0 bridgehead atoms. The second kappa shape index (κ2) is 7.95. The highest BCUT2D eigenvalue weighted by molar-refractivity contribution is 7.80. The SMILES string of the molecule is CNC(=S)N(CCOC)c1c(N)n(CC(C)C)c(=O)[nH]c1=O. The van der Waals surface area contributed by atoms with E-state index in [1.165, 1.54) is 9.47 Å². The number of thiocarbonyl (C=S) groups is 1. The predicted molar refractivity (Wildman–Crippen MR) is 91.5 cm³/mol. The maximum atomic E-state index is 12.2. The monoisotopic (exact) mass is 329 g/mol. The van der Waals surface area contributed by atoms with E-state index in [1.807, 2.05) is 13.8 Å². The predicted octanol–water partition coefficient (Wildman–Crippen LogP) is -0.268. The van der Waals surface area contributed by atoms with Gasteiger partial charge in [-0.2, -0.15) is 0 Å². The van der Waals surface area contributed by atoms with Gasteiger partial charge in [0.2, 0.25) is 0 Å². The molecule has 0 radical (unpaired) electrons. The molecule has 0 saturated heterocycles. The number of hydrogen-bond acceptors (Lipinski definition) is 5. The van der Waals surface area contributed by atoms with Crippen LogP contribution in [0.25, 0.3) is 0 Å². The fourth-order valence-corrected chi connectivity index (χ4v) is 2.20. The minimum absolute atomic E-state index is 0.0937. The zero-order valence-corrected chi connectivity index (χ0v) is 14.1. The number of nitrogens with zero attached hydrogens (tertiary/aromatic N) is 2. The van der Waals surface area contributed by atoms with E-state index < -0.39 is 11.2 Å².